The molecular weight excluding hydrogens is 425 g/mol. The number of amides is 3. The van der Waals surface area contributed by atoms with Crippen molar-refractivity contribution in [2.24, 2.45) is 0 Å². The molecule has 0 radical (unpaired) electrons. The van der Waals surface area contributed by atoms with E-state index >= 15 is 0 Å². The van der Waals surface area contributed by atoms with Crippen LogP contribution in [-0.2, 0) is 11.3 Å². The van der Waals surface area contributed by atoms with Crippen molar-refractivity contribution >= 4 is 11.9 Å². The number of carbonyl (C=O) groups is 2. The zero-order valence-electron chi connectivity index (χ0n) is 18.3. The summed E-state index contributed by atoms with van der Waals surface area (Å²) in [4.78, 5) is 31.2. The molecule has 3 aromatic rings. The fourth-order valence-corrected chi connectivity index (χ4v) is 3.91. The molecule has 3 amide bonds. The average Bonchev–Trinajstić information content (AvgIpc) is 3.33. The van der Waals surface area contributed by atoms with Crippen molar-refractivity contribution in [2.75, 3.05) is 13.1 Å². The highest BCUT2D eigenvalue weighted by atomic mass is 19.1. The number of carbonyl (C=O) groups excluding carboxylic acids is 2. The van der Waals surface area contributed by atoms with Gasteiger partial charge in [0.15, 0.2) is 0 Å². The summed E-state index contributed by atoms with van der Waals surface area (Å²) in [6.45, 7) is 3.38. The average molecular weight is 452 g/mol. The third-order valence-electron chi connectivity index (χ3n) is 5.79. The largest absolute Gasteiger partial charge is 0.339 e. The van der Waals surface area contributed by atoms with Crippen LogP contribution in [0.15, 0.2) is 59.1 Å². The lowest BCUT2D eigenvalue weighted by Crippen LogP contribution is -2.51. The molecule has 0 spiro atoms. The van der Waals surface area contributed by atoms with Gasteiger partial charge >= 0.3 is 6.03 Å². The van der Waals surface area contributed by atoms with Crippen molar-refractivity contribution < 1.29 is 18.5 Å². The van der Waals surface area contributed by atoms with Crippen LogP contribution in [-0.4, -0.2) is 46.1 Å². The summed E-state index contributed by atoms with van der Waals surface area (Å²) in [5, 5.41) is 9.10. The summed E-state index contributed by atoms with van der Waals surface area (Å²) in [7, 11) is 0. The van der Waals surface area contributed by atoms with Crippen molar-refractivity contribution in [2.45, 2.75) is 38.3 Å². The smallest absolute Gasteiger partial charge is 0.321 e. The lowest BCUT2D eigenvalue weighted by molar-refractivity contribution is -0.125. The zero-order chi connectivity index (χ0) is 23.2. The molecule has 2 aromatic carbocycles. The summed E-state index contributed by atoms with van der Waals surface area (Å²) >= 11 is 0. The van der Waals surface area contributed by atoms with E-state index in [4.69, 9.17) is 4.52 Å². The lowest BCUT2D eigenvalue weighted by atomic mass is 9.96. The Labute approximate surface area is 191 Å². The summed E-state index contributed by atoms with van der Waals surface area (Å²) in [6.07, 6.45) is 1.69. The van der Waals surface area contributed by atoms with Gasteiger partial charge in [0.25, 0.3) is 0 Å². The first-order valence-electron chi connectivity index (χ1n) is 11.0. The molecule has 33 heavy (non-hydrogen) atoms. The van der Waals surface area contributed by atoms with Crippen LogP contribution in [0.25, 0.3) is 11.4 Å². The maximum atomic E-state index is 13.5. The van der Waals surface area contributed by atoms with Crippen molar-refractivity contribution in [3.8, 4) is 11.4 Å². The molecule has 0 saturated carbocycles. The number of nitrogens with zero attached hydrogens (tertiary/aromatic N) is 3. The van der Waals surface area contributed by atoms with Gasteiger partial charge in [-0.15, -0.1) is 0 Å². The SMILES string of the molecule is CC(C(=O)NC(=O)NCc1ccccc1)N1CCCC(c2nc(-c3cccc(F)c3)no2)C1. The fraction of sp³-hybridized carbons (Fsp3) is 0.333. The predicted octanol–water partition coefficient (Wildman–Crippen LogP) is 3.47. The summed E-state index contributed by atoms with van der Waals surface area (Å²) < 4.78 is 18.9. The minimum absolute atomic E-state index is 0.0456. The Morgan fingerprint density at radius 1 is 1.21 bits per heavy atom. The minimum atomic E-state index is -0.527. The molecule has 1 aliphatic rings. The molecule has 1 aromatic heterocycles. The number of hydrogen-bond acceptors (Lipinski definition) is 6. The van der Waals surface area contributed by atoms with Crippen LogP contribution < -0.4 is 10.6 Å². The molecule has 1 saturated heterocycles. The number of hydrogen-bond donors (Lipinski definition) is 2. The first-order valence-corrected chi connectivity index (χ1v) is 11.0. The van der Waals surface area contributed by atoms with Crippen LogP contribution in [0.5, 0.6) is 0 Å². The summed E-state index contributed by atoms with van der Waals surface area (Å²) in [5.74, 6) is 0.0212. The van der Waals surface area contributed by atoms with Crippen molar-refractivity contribution in [1.82, 2.24) is 25.7 Å². The van der Waals surface area contributed by atoms with E-state index in [0.29, 0.717) is 30.4 Å². The molecule has 1 fully saturated rings. The molecule has 172 valence electrons. The van der Waals surface area contributed by atoms with Gasteiger partial charge in [-0.3, -0.25) is 15.0 Å². The van der Waals surface area contributed by atoms with Crippen LogP contribution in [0.4, 0.5) is 9.18 Å². The highest BCUT2D eigenvalue weighted by Gasteiger charge is 2.31. The van der Waals surface area contributed by atoms with Gasteiger partial charge in [0, 0.05) is 18.7 Å². The van der Waals surface area contributed by atoms with E-state index < -0.39 is 12.1 Å². The van der Waals surface area contributed by atoms with E-state index in [2.05, 4.69) is 20.8 Å². The number of urea groups is 1. The second-order valence-electron chi connectivity index (χ2n) is 8.13. The number of benzene rings is 2. The van der Waals surface area contributed by atoms with Crippen molar-refractivity contribution in [3.63, 3.8) is 0 Å². The van der Waals surface area contributed by atoms with Crippen LogP contribution >= 0.6 is 0 Å². The van der Waals surface area contributed by atoms with Gasteiger partial charge in [0.1, 0.15) is 5.82 Å². The second kappa shape index (κ2) is 10.4. The Balaban J connectivity index is 1.32. The summed E-state index contributed by atoms with van der Waals surface area (Å²) in [6, 6.07) is 14.5. The van der Waals surface area contributed by atoms with E-state index in [0.717, 1.165) is 24.9 Å². The number of rotatable bonds is 6. The van der Waals surface area contributed by atoms with E-state index in [-0.39, 0.29) is 17.6 Å². The van der Waals surface area contributed by atoms with Crippen molar-refractivity contribution in [3.05, 3.63) is 71.9 Å². The molecule has 1 aliphatic heterocycles. The third-order valence-corrected chi connectivity index (χ3v) is 5.79. The molecule has 0 bridgehead atoms. The van der Waals surface area contributed by atoms with E-state index in [1.807, 2.05) is 35.2 Å². The standard InChI is InChI=1S/C24H26FN5O3/c1-16(22(31)28-24(32)26-14-17-7-3-2-4-8-17)30-12-6-10-19(15-30)23-27-21(29-33-23)18-9-5-11-20(25)13-18/h2-5,7-9,11,13,16,19H,6,10,12,14-15H2,1H3,(H2,26,28,31,32). The Morgan fingerprint density at radius 2 is 2.03 bits per heavy atom. The first-order chi connectivity index (χ1) is 16.0. The number of halogens is 1. The molecule has 0 aliphatic carbocycles. The normalized spacial score (nSPS) is 17.3. The fourth-order valence-electron chi connectivity index (χ4n) is 3.91. The van der Waals surface area contributed by atoms with Gasteiger partial charge in [-0.25, -0.2) is 9.18 Å². The maximum absolute atomic E-state index is 13.5. The van der Waals surface area contributed by atoms with E-state index in [9.17, 15) is 14.0 Å². The topological polar surface area (TPSA) is 100 Å². The molecule has 8 nitrogen and oxygen atoms in total. The second-order valence-corrected chi connectivity index (χ2v) is 8.13. The number of nitrogens with one attached hydrogen (secondary N) is 2. The Morgan fingerprint density at radius 3 is 2.82 bits per heavy atom. The van der Waals surface area contributed by atoms with E-state index in [1.54, 1.807) is 19.1 Å². The van der Waals surface area contributed by atoms with Gasteiger partial charge in [0.2, 0.25) is 17.6 Å². The maximum Gasteiger partial charge on any atom is 0.321 e. The Hall–Kier alpha value is -3.59. The highest BCUT2D eigenvalue weighted by molar-refractivity contribution is 5.96. The molecule has 2 heterocycles. The number of aromatic nitrogens is 2. The van der Waals surface area contributed by atoms with Gasteiger partial charge in [-0.2, -0.15) is 4.98 Å². The van der Waals surface area contributed by atoms with Gasteiger partial charge in [-0.05, 0) is 44.0 Å². The molecule has 2 unspecified atom stereocenters. The first kappa shape index (κ1) is 22.6. The number of imide groups is 1. The molecule has 4 rings (SSSR count). The lowest BCUT2D eigenvalue weighted by Gasteiger charge is -2.34. The number of likely N-dealkylation sites (tertiary alicyclic amines) is 1. The van der Waals surface area contributed by atoms with Gasteiger partial charge in [-0.1, -0.05) is 47.6 Å². The molecule has 2 N–H and O–H groups in total. The predicted molar refractivity (Wildman–Crippen MR) is 120 cm³/mol. The monoisotopic (exact) mass is 451 g/mol. The van der Waals surface area contributed by atoms with E-state index in [1.165, 1.54) is 12.1 Å². The Kier molecular flexibility index (Phi) is 7.09. The molecule has 2 atom stereocenters. The van der Waals surface area contributed by atoms with Crippen molar-refractivity contribution in [1.29, 1.82) is 0 Å². The zero-order valence-corrected chi connectivity index (χ0v) is 18.3. The number of piperidine rings is 1. The van der Waals surface area contributed by atoms with Crippen LogP contribution in [0, 0.1) is 5.82 Å². The quantitative estimate of drug-likeness (QED) is 0.595. The van der Waals surface area contributed by atoms with Gasteiger partial charge < -0.3 is 9.84 Å². The third kappa shape index (κ3) is 5.81. The van der Waals surface area contributed by atoms with Gasteiger partial charge in [0.05, 0.1) is 12.0 Å². The molecule has 9 heteroatoms. The van der Waals surface area contributed by atoms with Crippen LogP contribution in [0.2, 0.25) is 0 Å². The minimum Gasteiger partial charge on any atom is -0.339 e. The van der Waals surface area contributed by atoms with Crippen LogP contribution in [0.3, 0.4) is 0 Å². The summed E-state index contributed by atoms with van der Waals surface area (Å²) in [5.41, 5.74) is 1.50. The Bertz CT molecular complexity index is 1100. The molecular formula is C24H26FN5O3. The highest BCUT2D eigenvalue weighted by Crippen LogP contribution is 2.28. The van der Waals surface area contributed by atoms with Crippen LogP contribution in [0.1, 0.15) is 37.1 Å².